The van der Waals surface area contributed by atoms with Gasteiger partial charge in [0.1, 0.15) is 0 Å². The zero-order valence-electron chi connectivity index (χ0n) is 8.90. The Labute approximate surface area is 91.3 Å². The second-order valence-electron chi connectivity index (χ2n) is 3.16. The quantitative estimate of drug-likeness (QED) is 0.585. The molecule has 1 aromatic carbocycles. The van der Waals surface area contributed by atoms with Gasteiger partial charge in [0.2, 0.25) is 0 Å². The van der Waals surface area contributed by atoms with Gasteiger partial charge in [-0.25, -0.2) is 0 Å². The van der Waals surface area contributed by atoms with Gasteiger partial charge in [0.25, 0.3) is 0 Å². The van der Waals surface area contributed by atoms with Crippen molar-refractivity contribution in [2.75, 3.05) is 0 Å². The molecule has 0 aromatic heterocycles. The standard InChI is InChI=1S/C14H15N/c1-3-5-9-12(4-2)14(15)13-10-7-6-8-11-13/h1,5-11H,4,15H2,2H3/b9-5-,14-12+. The Morgan fingerprint density at radius 3 is 2.60 bits per heavy atom. The van der Waals surface area contributed by atoms with Gasteiger partial charge in [-0.2, -0.15) is 0 Å². The van der Waals surface area contributed by atoms with Gasteiger partial charge in [0.15, 0.2) is 0 Å². The molecule has 1 rings (SSSR count). The van der Waals surface area contributed by atoms with Gasteiger partial charge in [-0.1, -0.05) is 43.2 Å². The van der Waals surface area contributed by atoms with Crippen molar-refractivity contribution in [3.8, 4) is 12.3 Å². The van der Waals surface area contributed by atoms with E-state index in [1.807, 2.05) is 36.4 Å². The summed E-state index contributed by atoms with van der Waals surface area (Å²) in [6, 6.07) is 9.91. The van der Waals surface area contributed by atoms with Crippen molar-refractivity contribution in [1.82, 2.24) is 0 Å². The maximum Gasteiger partial charge on any atom is 0.0420 e. The fourth-order valence-electron chi connectivity index (χ4n) is 1.35. The third kappa shape index (κ3) is 3.03. The predicted octanol–water partition coefficient (Wildman–Crippen LogP) is 2.96. The minimum atomic E-state index is 0.796. The molecule has 0 radical (unpaired) electrons. The fourth-order valence-corrected chi connectivity index (χ4v) is 1.35. The third-order valence-corrected chi connectivity index (χ3v) is 2.19. The number of nitrogens with two attached hydrogens (primary N) is 1. The van der Waals surface area contributed by atoms with Crippen LogP contribution in [-0.2, 0) is 0 Å². The summed E-state index contributed by atoms with van der Waals surface area (Å²) in [6.45, 7) is 2.06. The van der Waals surface area contributed by atoms with Gasteiger partial charge in [0.05, 0.1) is 0 Å². The second-order valence-corrected chi connectivity index (χ2v) is 3.16. The van der Waals surface area contributed by atoms with Crippen molar-refractivity contribution in [3.63, 3.8) is 0 Å². The maximum atomic E-state index is 6.05. The Morgan fingerprint density at radius 1 is 1.40 bits per heavy atom. The van der Waals surface area contributed by atoms with Gasteiger partial charge in [-0.15, -0.1) is 6.42 Å². The first-order chi connectivity index (χ1) is 7.29. The summed E-state index contributed by atoms with van der Waals surface area (Å²) in [5.41, 5.74) is 8.95. The van der Waals surface area contributed by atoms with Gasteiger partial charge in [-0.3, -0.25) is 0 Å². The van der Waals surface area contributed by atoms with Crippen LogP contribution in [0.4, 0.5) is 0 Å². The summed E-state index contributed by atoms with van der Waals surface area (Å²) in [7, 11) is 0. The minimum Gasteiger partial charge on any atom is -0.398 e. The minimum absolute atomic E-state index is 0.796. The Kier molecular flexibility index (Phi) is 4.25. The van der Waals surface area contributed by atoms with Crippen LogP contribution >= 0.6 is 0 Å². The molecule has 1 aromatic rings. The van der Waals surface area contributed by atoms with E-state index in [-0.39, 0.29) is 0 Å². The van der Waals surface area contributed by atoms with E-state index >= 15 is 0 Å². The molecule has 0 heterocycles. The van der Waals surface area contributed by atoms with Crippen molar-refractivity contribution in [2.45, 2.75) is 13.3 Å². The van der Waals surface area contributed by atoms with E-state index in [1.165, 1.54) is 0 Å². The van der Waals surface area contributed by atoms with E-state index in [1.54, 1.807) is 6.08 Å². The molecule has 0 saturated carbocycles. The highest BCUT2D eigenvalue weighted by molar-refractivity contribution is 5.68. The molecule has 0 saturated heterocycles. The number of benzene rings is 1. The average Bonchev–Trinajstić information content (AvgIpc) is 2.31. The molecule has 0 unspecified atom stereocenters. The highest BCUT2D eigenvalue weighted by Crippen LogP contribution is 2.16. The second kappa shape index (κ2) is 5.72. The third-order valence-electron chi connectivity index (χ3n) is 2.19. The molecule has 0 aliphatic carbocycles. The summed E-state index contributed by atoms with van der Waals surface area (Å²) in [5.74, 6) is 2.47. The fraction of sp³-hybridized carbons (Fsp3) is 0.143. The summed E-state index contributed by atoms with van der Waals surface area (Å²) >= 11 is 0. The van der Waals surface area contributed by atoms with Gasteiger partial charge < -0.3 is 5.73 Å². The lowest BCUT2D eigenvalue weighted by Gasteiger charge is -2.06. The lowest BCUT2D eigenvalue weighted by molar-refractivity contribution is 1.14. The normalized spacial score (nSPS) is 12.3. The predicted molar refractivity (Wildman–Crippen MR) is 65.8 cm³/mol. The van der Waals surface area contributed by atoms with Crippen molar-refractivity contribution in [2.24, 2.45) is 5.73 Å². The summed E-state index contributed by atoms with van der Waals surface area (Å²) in [6.07, 6.45) is 9.61. The molecular formula is C14H15N. The number of allylic oxidation sites excluding steroid dienone is 3. The zero-order chi connectivity index (χ0) is 11.1. The molecule has 0 amide bonds. The SMILES string of the molecule is C#C/C=C\C(CC)=C(\N)c1ccccc1. The molecule has 0 atom stereocenters. The van der Waals surface area contributed by atoms with Crippen LogP contribution in [0, 0.1) is 12.3 Å². The Morgan fingerprint density at radius 2 is 2.07 bits per heavy atom. The molecule has 76 valence electrons. The van der Waals surface area contributed by atoms with E-state index in [4.69, 9.17) is 12.2 Å². The first-order valence-corrected chi connectivity index (χ1v) is 4.96. The summed E-state index contributed by atoms with van der Waals surface area (Å²) < 4.78 is 0. The Bertz CT molecular complexity index is 405. The van der Waals surface area contributed by atoms with E-state index in [2.05, 4.69) is 12.8 Å². The molecule has 2 N–H and O–H groups in total. The number of hydrogen-bond acceptors (Lipinski definition) is 1. The number of terminal acetylenes is 1. The van der Waals surface area contributed by atoms with Crippen LogP contribution in [0.25, 0.3) is 5.70 Å². The van der Waals surface area contributed by atoms with Gasteiger partial charge >= 0.3 is 0 Å². The molecule has 0 bridgehead atoms. The molecule has 1 nitrogen and oxygen atoms in total. The van der Waals surface area contributed by atoms with E-state index in [9.17, 15) is 0 Å². The molecule has 15 heavy (non-hydrogen) atoms. The smallest absolute Gasteiger partial charge is 0.0420 e. The van der Waals surface area contributed by atoms with E-state index < -0.39 is 0 Å². The lowest BCUT2D eigenvalue weighted by atomic mass is 10.0. The lowest BCUT2D eigenvalue weighted by Crippen LogP contribution is -1.99. The van der Waals surface area contributed by atoms with Crippen LogP contribution in [-0.4, -0.2) is 0 Å². The topological polar surface area (TPSA) is 26.0 Å². The van der Waals surface area contributed by atoms with Crippen LogP contribution in [0.1, 0.15) is 18.9 Å². The number of rotatable bonds is 3. The monoisotopic (exact) mass is 197 g/mol. The molecule has 0 aliphatic heterocycles. The van der Waals surface area contributed by atoms with Crippen LogP contribution in [0.2, 0.25) is 0 Å². The molecule has 0 fully saturated rings. The van der Waals surface area contributed by atoms with E-state index in [0.717, 1.165) is 23.3 Å². The van der Waals surface area contributed by atoms with Crippen molar-refractivity contribution in [3.05, 3.63) is 53.6 Å². The van der Waals surface area contributed by atoms with Gasteiger partial charge in [-0.05, 0) is 29.7 Å². The van der Waals surface area contributed by atoms with Crippen molar-refractivity contribution in [1.29, 1.82) is 0 Å². The first kappa shape index (κ1) is 11.1. The Balaban J connectivity index is 3.07. The first-order valence-electron chi connectivity index (χ1n) is 4.96. The summed E-state index contributed by atoms with van der Waals surface area (Å²) in [4.78, 5) is 0. The molecule has 0 aliphatic rings. The van der Waals surface area contributed by atoms with Crippen LogP contribution < -0.4 is 5.73 Å². The molecule has 1 heteroatoms. The van der Waals surface area contributed by atoms with Crippen LogP contribution in [0.3, 0.4) is 0 Å². The highest BCUT2D eigenvalue weighted by atomic mass is 14.6. The average molecular weight is 197 g/mol. The largest absolute Gasteiger partial charge is 0.398 e. The van der Waals surface area contributed by atoms with Crippen molar-refractivity contribution >= 4 is 5.70 Å². The van der Waals surface area contributed by atoms with Crippen molar-refractivity contribution < 1.29 is 0 Å². The molecular weight excluding hydrogens is 182 g/mol. The zero-order valence-corrected chi connectivity index (χ0v) is 8.90. The van der Waals surface area contributed by atoms with Gasteiger partial charge in [0, 0.05) is 5.70 Å². The highest BCUT2D eigenvalue weighted by Gasteiger charge is 2.00. The van der Waals surface area contributed by atoms with Crippen LogP contribution in [0.15, 0.2) is 48.1 Å². The summed E-state index contributed by atoms with van der Waals surface area (Å²) in [5, 5.41) is 0. The van der Waals surface area contributed by atoms with Crippen LogP contribution in [0.5, 0.6) is 0 Å². The maximum absolute atomic E-state index is 6.05. The Hall–Kier alpha value is -1.94. The van der Waals surface area contributed by atoms with E-state index in [0.29, 0.717) is 0 Å². The molecule has 0 spiro atoms. The number of hydrogen-bond donors (Lipinski definition) is 1.